The maximum Gasteiger partial charge on any atom is 0.119 e. The summed E-state index contributed by atoms with van der Waals surface area (Å²) >= 11 is 0. The van der Waals surface area contributed by atoms with Crippen molar-refractivity contribution in [3.8, 4) is 5.75 Å². The second kappa shape index (κ2) is 6.38. The molecule has 102 valence electrons. The Morgan fingerprint density at radius 3 is 2.68 bits per heavy atom. The third kappa shape index (κ3) is 3.83. The van der Waals surface area contributed by atoms with Crippen LogP contribution < -0.4 is 4.74 Å². The number of aromatic amines is 1. The van der Waals surface area contributed by atoms with Crippen LogP contribution in [-0.2, 0) is 12.8 Å². The number of nitrogens with one attached hydrogen (secondary N) is 1. The summed E-state index contributed by atoms with van der Waals surface area (Å²) in [7, 11) is 0. The lowest BCUT2D eigenvalue weighted by Gasteiger charge is -2.11. The summed E-state index contributed by atoms with van der Waals surface area (Å²) in [6, 6.07) is 9.51. The van der Waals surface area contributed by atoms with Crippen LogP contribution in [0.25, 0.3) is 0 Å². The lowest BCUT2D eigenvalue weighted by molar-refractivity contribution is 0.107. The molecule has 1 aromatic heterocycles. The fourth-order valence-corrected chi connectivity index (χ4v) is 1.93. The molecule has 2 aromatic rings. The van der Waals surface area contributed by atoms with E-state index in [1.54, 1.807) is 0 Å². The first-order chi connectivity index (χ1) is 9.19. The third-order valence-corrected chi connectivity index (χ3v) is 2.99. The number of hydrogen-bond donors (Lipinski definition) is 2. The maximum absolute atomic E-state index is 10.00. The summed E-state index contributed by atoms with van der Waals surface area (Å²) in [5, 5.41) is 10.00. The molecule has 19 heavy (non-hydrogen) atoms. The first-order valence-corrected chi connectivity index (χ1v) is 6.59. The van der Waals surface area contributed by atoms with E-state index in [0.29, 0.717) is 6.42 Å². The zero-order valence-corrected chi connectivity index (χ0v) is 11.4. The van der Waals surface area contributed by atoms with E-state index in [1.165, 1.54) is 0 Å². The van der Waals surface area contributed by atoms with Crippen LogP contribution in [0.2, 0.25) is 0 Å². The van der Waals surface area contributed by atoms with E-state index < -0.39 is 6.10 Å². The van der Waals surface area contributed by atoms with Gasteiger partial charge in [0.2, 0.25) is 0 Å². The molecule has 0 spiro atoms. The van der Waals surface area contributed by atoms with Crippen molar-refractivity contribution in [3.05, 3.63) is 47.5 Å². The van der Waals surface area contributed by atoms with E-state index in [-0.39, 0.29) is 6.61 Å². The summed E-state index contributed by atoms with van der Waals surface area (Å²) in [5.41, 5.74) is 1.94. The molecule has 1 heterocycles. The largest absolute Gasteiger partial charge is 0.491 e. The van der Waals surface area contributed by atoms with Gasteiger partial charge in [0.05, 0.1) is 11.8 Å². The average Bonchev–Trinajstić information content (AvgIpc) is 2.78. The van der Waals surface area contributed by atoms with Gasteiger partial charge in [0.15, 0.2) is 0 Å². The number of aliphatic hydroxyl groups excluding tert-OH is 1. The van der Waals surface area contributed by atoms with Gasteiger partial charge in [-0.05, 0) is 19.1 Å². The third-order valence-electron chi connectivity index (χ3n) is 2.99. The van der Waals surface area contributed by atoms with Crippen LogP contribution in [0.15, 0.2) is 30.3 Å². The van der Waals surface area contributed by atoms with Crippen molar-refractivity contribution in [1.29, 1.82) is 0 Å². The predicted molar refractivity (Wildman–Crippen MR) is 74.4 cm³/mol. The van der Waals surface area contributed by atoms with Crippen molar-refractivity contribution in [2.75, 3.05) is 6.61 Å². The number of ether oxygens (including phenoxy) is 1. The molecule has 1 aromatic carbocycles. The van der Waals surface area contributed by atoms with Crippen LogP contribution in [-0.4, -0.2) is 27.8 Å². The van der Waals surface area contributed by atoms with Crippen LogP contribution >= 0.6 is 0 Å². The second-order valence-corrected chi connectivity index (χ2v) is 4.58. The Hall–Kier alpha value is -1.81. The normalized spacial score (nSPS) is 12.4. The highest BCUT2D eigenvalue weighted by molar-refractivity contribution is 5.21. The summed E-state index contributed by atoms with van der Waals surface area (Å²) in [5.74, 6) is 1.74. The van der Waals surface area contributed by atoms with Crippen molar-refractivity contribution >= 4 is 0 Å². The fourth-order valence-electron chi connectivity index (χ4n) is 1.93. The smallest absolute Gasteiger partial charge is 0.119 e. The Morgan fingerprint density at radius 1 is 1.32 bits per heavy atom. The van der Waals surface area contributed by atoms with E-state index in [2.05, 4.69) is 16.9 Å². The number of H-pyrrole nitrogens is 1. The Balaban J connectivity index is 1.87. The molecule has 0 saturated carbocycles. The number of aryl methyl sites for hydroxylation is 2. The highest BCUT2D eigenvalue weighted by Crippen LogP contribution is 2.11. The number of rotatable bonds is 6. The van der Waals surface area contributed by atoms with Crippen LogP contribution in [0.1, 0.15) is 24.1 Å². The Bertz CT molecular complexity index is 508. The highest BCUT2D eigenvalue weighted by Gasteiger charge is 2.12. The predicted octanol–water partition coefficient (Wildman–Crippen LogP) is 2.26. The number of aromatic nitrogens is 2. The molecule has 0 fully saturated rings. The van der Waals surface area contributed by atoms with E-state index in [4.69, 9.17) is 4.74 Å². The monoisotopic (exact) mass is 260 g/mol. The van der Waals surface area contributed by atoms with Gasteiger partial charge in [-0.25, -0.2) is 4.98 Å². The van der Waals surface area contributed by atoms with E-state index in [9.17, 15) is 5.11 Å². The summed E-state index contributed by atoms with van der Waals surface area (Å²) in [6.45, 7) is 4.29. The Morgan fingerprint density at radius 2 is 2.05 bits per heavy atom. The molecule has 0 saturated heterocycles. The standard InChI is InChI=1S/C15H20N2O2/c1-3-15-16-11(2)14(17-15)9-12(18)10-19-13-7-5-4-6-8-13/h4-8,12,18H,3,9-10H2,1-2H3,(H,16,17). The van der Waals surface area contributed by atoms with Gasteiger partial charge in [-0.1, -0.05) is 25.1 Å². The zero-order valence-electron chi connectivity index (χ0n) is 11.4. The maximum atomic E-state index is 10.00. The minimum atomic E-state index is -0.538. The first kappa shape index (κ1) is 13.6. The molecule has 1 atom stereocenters. The topological polar surface area (TPSA) is 58.1 Å². The molecule has 4 nitrogen and oxygen atoms in total. The number of para-hydroxylation sites is 1. The van der Waals surface area contributed by atoms with Crippen molar-refractivity contribution < 1.29 is 9.84 Å². The zero-order chi connectivity index (χ0) is 13.7. The minimum Gasteiger partial charge on any atom is -0.491 e. The van der Waals surface area contributed by atoms with E-state index in [1.807, 2.05) is 37.3 Å². The van der Waals surface area contributed by atoms with Crippen LogP contribution in [0, 0.1) is 6.92 Å². The number of benzene rings is 1. The molecule has 1 unspecified atom stereocenters. The van der Waals surface area contributed by atoms with Gasteiger partial charge in [0.1, 0.15) is 18.2 Å². The summed E-state index contributed by atoms with van der Waals surface area (Å²) < 4.78 is 5.53. The molecule has 0 aliphatic rings. The van der Waals surface area contributed by atoms with Crippen molar-refractivity contribution in [2.45, 2.75) is 32.8 Å². The summed E-state index contributed by atoms with van der Waals surface area (Å²) in [4.78, 5) is 7.63. The number of aliphatic hydroxyl groups is 1. The van der Waals surface area contributed by atoms with Gasteiger partial charge in [-0.2, -0.15) is 0 Å². The van der Waals surface area contributed by atoms with Crippen molar-refractivity contribution in [1.82, 2.24) is 9.97 Å². The van der Waals surface area contributed by atoms with Crippen molar-refractivity contribution in [3.63, 3.8) is 0 Å². The average molecular weight is 260 g/mol. The number of imidazole rings is 1. The van der Waals surface area contributed by atoms with Gasteiger partial charge < -0.3 is 14.8 Å². The molecule has 0 radical (unpaired) electrons. The lowest BCUT2D eigenvalue weighted by Crippen LogP contribution is -2.20. The van der Waals surface area contributed by atoms with Crippen molar-refractivity contribution in [2.24, 2.45) is 0 Å². The molecule has 2 rings (SSSR count). The van der Waals surface area contributed by atoms with E-state index in [0.717, 1.165) is 29.4 Å². The van der Waals surface area contributed by atoms with Gasteiger partial charge in [0.25, 0.3) is 0 Å². The summed E-state index contributed by atoms with van der Waals surface area (Å²) in [6.07, 6.45) is 0.868. The highest BCUT2D eigenvalue weighted by atomic mass is 16.5. The SMILES string of the molecule is CCc1nc(C)c(CC(O)COc2ccccc2)[nH]1. The second-order valence-electron chi connectivity index (χ2n) is 4.58. The first-order valence-electron chi connectivity index (χ1n) is 6.59. The van der Waals surface area contributed by atoms with Crippen LogP contribution in [0.4, 0.5) is 0 Å². The van der Waals surface area contributed by atoms with Gasteiger partial charge in [-0.15, -0.1) is 0 Å². The molecular formula is C15H20N2O2. The Labute approximate surface area is 113 Å². The molecule has 4 heteroatoms. The van der Waals surface area contributed by atoms with Gasteiger partial charge in [0, 0.05) is 18.5 Å². The quantitative estimate of drug-likeness (QED) is 0.837. The van der Waals surface area contributed by atoms with Crippen LogP contribution in [0.5, 0.6) is 5.75 Å². The molecular weight excluding hydrogens is 240 g/mol. The minimum absolute atomic E-state index is 0.282. The van der Waals surface area contributed by atoms with E-state index >= 15 is 0 Å². The fraction of sp³-hybridized carbons (Fsp3) is 0.400. The Kier molecular flexibility index (Phi) is 4.58. The molecule has 0 aliphatic heterocycles. The molecule has 0 amide bonds. The van der Waals surface area contributed by atoms with Gasteiger partial charge in [-0.3, -0.25) is 0 Å². The molecule has 2 N–H and O–H groups in total. The molecule has 0 bridgehead atoms. The molecule has 0 aliphatic carbocycles. The van der Waals surface area contributed by atoms with Crippen LogP contribution in [0.3, 0.4) is 0 Å². The lowest BCUT2D eigenvalue weighted by atomic mass is 10.2. The number of hydrogen-bond acceptors (Lipinski definition) is 3. The van der Waals surface area contributed by atoms with Gasteiger partial charge >= 0.3 is 0 Å². The number of nitrogens with zero attached hydrogens (tertiary/aromatic N) is 1.